The first-order valence-electron chi connectivity index (χ1n) is 6.16. The zero-order valence-electron chi connectivity index (χ0n) is 11.6. The fourth-order valence-corrected chi connectivity index (χ4v) is 2.10. The largest absolute Gasteiger partial charge is 0.461 e. The van der Waals surface area contributed by atoms with Crippen molar-refractivity contribution in [1.82, 2.24) is 15.0 Å². The molecule has 0 aliphatic heterocycles. The summed E-state index contributed by atoms with van der Waals surface area (Å²) in [4.78, 5) is 12.0. The van der Waals surface area contributed by atoms with E-state index in [4.69, 9.17) is 39.5 Å². The van der Waals surface area contributed by atoms with Crippen molar-refractivity contribution in [1.29, 1.82) is 0 Å². The predicted molar refractivity (Wildman–Crippen MR) is 85.1 cm³/mol. The molecule has 8 heteroatoms. The van der Waals surface area contributed by atoms with Gasteiger partial charge in [0, 0.05) is 5.02 Å². The smallest absolute Gasteiger partial charge is 0.322 e. The molecule has 1 aromatic carbocycles. The summed E-state index contributed by atoms with van der Waals surface area (Å²) < 4.78 is 5.40. The Bertz CT molecular complexity index is 664. The first kappa shape index (κ1) is 16.1. The molecule has 0 aliphatic carbocycles. The van der Waals surface area contributed by atoms with Crippen LogP contribution in [0.1, 0.15) is 19.4 Å². The third-order valence-corrected chi connectivity index (χ3v) is 3.31. The van der Waals surface area contributed by atoms with Gasteiger partial charge in [0.2, 0.25) is 11.2 Å². The highest BCUT2D eigenvalue weighted by molar-refractivity contribution is 6.35. The Morgan fingerprint density at radius 2 is 1.76 bits per heavy atom. The molecule has 0 bridgehead atoms. The van der Waals surface area contributed by atoms with Crippen molar-refractivity contribution in [3.8, 4) is 6.01 Å². The summed E-state index contributed by atoms with van der Waals surface area (Å²) in [5.41, 5.74) is 1.45. The number of hydrogen-bond donors (Lipinski definition) is 1. The summed E-state index contributed by atoms with van der Waals surface area (Å²) in [6.07, 6.45) is -0.0753. The van der Waals surface area contributed by atoms with Crippen LogP contribution in [0.25, 0.3) is 0 Å². The van der Waals surface area contributed by atoms with Crippen molar-refractivity contribution in [2.24, 2.45) is 0 Å². The second-order valence-corrected chi connectivity index (χ2v) is 5.74. The summed E-state index contributed by atoms with van der Waals surface area (Å²) in [6, 6.07) is 3.59. The average molecular weight is 348 g/mol. The van der Waals surface area contributed by atoms with Gasteiger partial charge < -0.3 is 10.1 Å². The van der Waals surface area contributed by atoms with E-state index in [1.807, 2.05) is 20.8 Å². The molecule has 0 saturated heterocycles. The second kappa shape index (κ2) is 6.64. The number of anilines is 2. The molecule has 1 heterocycles. The van der Waals surface area contributed by atoms with Crippen LogP contribution in [0.5, 0.6) is 6.01 Å². The van der Waals surface area contributed by atoms with Crippen LogP contribution in [0.2, 0.25) is 15.3 Å². The number of benzene rings is 1. The zero-order valence-corrected chi connectivity index (χ0v) is 13.9. The topological polar surface area (TPSA) is 59.9 Å². The van der Waals surface area contributed by atoms with E-state index in [9.17, 15) is 0 Å². The number of halogens is 3. The van der Waals surface area contributed by atoms with Gasteiger partial charge in [0.25, 0.3) is 0 Å². The van der Waals surface area contributed by atoms with Crippen molar-refractivity contribution >= 4 is 46.4 Å². The second-order valence-electron chi connectivity index (χ2n) is 4.58. The number of nitrogens with zero attached hydrogens (tertiary/aromatic N) is 3. The summed E-state index contributed by atoms with van der Waals surface area (Å²) in [7, 11) is 0. The molecule has 21 heavy (non-hydrogen) atoms. The van der Waals surface area contributed by atoms with E-state index in [0.717, 1.165) is 5.56 Å². The molecule has 1 aromatic heterocycles. The van der Waals surface area contributed by atoms with Crippen LogP contribution in [-0.4, -0.2) is 21.1 Å². The molecule has 5 nitrogen and oxygen atoms in total. The standard InChI is InChI=1S/C13H13Cl3N4O/c1-6(2)21-13-19-11(16)18-12(20-13)17-10-5-8(14)7(3)4-9(10)15/h4-6H,1-3H3,(H,17,18,19,20). The van der Waals surface area contributed by atoms with Crippen molar-refractivity contribution in [3.63, 3.8) is 0 Å². The third kappa shape index (κ3) is 4.33. The molecule has 1 N–H and O–H groups in total. The van der Waals surface area contributed by atoms with Crippen molar-refractivity contribution < 1.29 is 4.74 Å². The van der Waals surface area contributed by atoms with E-state index in [0.29, 0.717) is 15.7 Å². The molecule has 0 amide bonds. The highest BCUT2D eigenvalue weighted by Gasteiger charge is 2.11. The number of hydrogen-bond acceptors (Lipinski definition) is 5. The molecule has 0 saturated carbocycles. The van der Waals surface area contributed by atoms with Gasteiger partial charge in [-0.1, -0.05) is 23.2 Å². The molecule has 0 fully saturated rings. The Balaban J connectivity index is 2.31. The Morgan fingerprint density at radius 1 is 1.05 bits per heavy atom. The number of ether oxygens (including phenoxy) is 1. The van der Waals surface area contributed by atoms with Crippen molar-refractivity contribution in [2.75, 3.05) is 5.32 Å². The number of rotatable bonds is 4. The van der Waals surface area contributed by atoms with E-state index < -0.39 is 0 Å². The van der Waals surface area contributed by atoms with Crippen LogP contribution >= 0.6 is 34.8 Å². The van der Waals surface area contributed by atoms with E-state index >= 15 is 0 Å². The molecule has 2 rings (SSSR count). The number of aromatic nitrogens is 3. The summed E-state index contributed by atoms with van der Waals surface area (Å²) in [6.45, 7) is 5.59. The minimum Gasteiger partial charge on any atom is -0.461 e. The quantitative estimate of drug-likeness (QED) is 0.870. The molecule has 0 aliphatic rings. The number of aryl methyl sites for hydroxylation is 1. The lowest BCUT2D eigenvalue weighted by atomic mass is 10.2. The highest BCUT2D eigenvalue weighted by Crippen LogP contribution is 2.30. The molecule has 112 valence electrons. The molecule has 2 aromatic rings. The predicted octanol–water partition coefficient (Wildman–Crippen LogP) is 4.67. The first-order chi connectivity index (χ1) is 9.85. The molecular formula is C13H13Cl3N4O. The van der Waals surface area contributed by atoms with Gasteiger partial charge in [-0.15, -0.1) is 0 Å². The van der Waals surface area contributed by atoms with Gasteiger partial charge in [-0.05, 0) is 50.1 Å². The molecule has 0 radical (unpaired) electrons. The van der Waals surface area contributed by atoms with Crippen molar-refractivity contribution in [2.45, 2.75) is 26.9 Å². The van der Waals surface area contributed by atoms with E-state index in [2.05, 4.69) is 20.3 Å². The first-order valence-corrected chi connectivity index (χ1v) is 7.29. The Hall–Kier alpha value is -1.30. The lowest BCUT2D eigenvalue weighted by molar-refractivity contribution is 0.222. The van der Waals surface area contributed by atoms with Crippen LogP contribution < -0.4 is 10.1 Å². The highest BCUT2D eigenvalue weighted by atomic mass is 35.5. The lowest BCUT2D eigenvalue weighted by Crippen LogP contribution is -2.10. The minimum absolute atomic E-state index is 0.0254. The van der Waals surface area contributed by atoms with Gasteiger partial charge in [-0.25, -0.2) is 0 Å². The fourth-order valence-electron chi connectivity index (χ4n) is 1.51. The zero-order chi connectivity index (χ0) is 15.6. The summed E-state index contributed by atoms with van der Waals surface area (Å²) in [5, 5.41) is 4.06. The molecule has 0 spiro atoms. The van der Waals surface area contributed by atoms with Gasteiger partial charge in [0.1, 0.15) is 0 Å². The molecule has 0 unspecified atom stereocenters. The van der Waals surface area contributed by atoms with Crippen LogP contribution in [0, 0.1) is 6.92 Å². The Labute approximate surface area is 137 Å². The summed E-state index contributed by atoms with van der Waals surface area (Å²) in [5.74, 6) is 0.229. The van der Waals surface area contributed by atoms with Gasteiger partial charge in [0.05, 0.1) is 16.8 Å². The normalized spacial score (nSPS) is 10.8. The van der Waals surface area contributed by atoms with Gasteiger partial charge in [0.15, 0.2) is 0 Å². The van der Waals surface area contributed by atoms with E-state index in [-0.39, 0.29) is 23.3 Å². The number of nitrogens with one attached hydrogen (secondary N) is 1. The maximum atomic E-state index is 6.16. The van der Waals surface area contributed by atoms with Crippen LogP contribution in [0.15, 0.2) is 12.1 Å². The lowest BCUT2D eigenvalue weighted by Gasteiger charge is -2.11. The third-order valence-electron chi connectivity index (χ3n) is 2.42. The Morgan fingerprint density at radius 3 is 2.43 bits per heavy atom. The van der Waals surface area contributed by atoms with Crippen LogP contribution in [-0.2, 0) is 0 Å². The van der Waals surface area contributed by atoms with Gasteiger partial charge >= 0.3 is 6.01 Å². The van der Waals surface area contributed by atoms with Gasteiger partial charge in [-0.2, -0.15) is 15.0 Å². The van der Waals surface area contributed by atoms with Crippen molar-refractivity contribution in [3.05, 3.63) is 33.0 Å². The van der Waals surface area contributed by atoms with E-state index in [1.54, 1.807) is 12.1 Å². The fraction of sp³-hybridized carbons (Fsp3) is 0.308. The van der Waals surface area contributed by atoms with E-state index in [1.165, 1.54) is 0 Å². The Kier molecular flexibility index (Phi) is 5.08. The monoisotopic (exact) mass is 346 g/mol. The molecule has 0 atom stereocenters. The van der Waals surface area contributed by atoms with Gasteiger partial charge in [-0.3, -0.25) is 0 Å². The molecular weight excluding hydrogens is 335 g/mol. The minimum atomic E-state index is -0.0753. The SMILES string of the molecule is Cc1cc(Cl)c(Nc2nc(Cl)nc(OC(C)C)n2)cc1Cl. The van der Waals surface area contributed by atoms with Crippen LogP contribution in [0.4, 0.5) is 11.6 Å². The average Bonchev–Trinajstić information content (AvgIpc) is 2.34. The maximum Gasteiger partial charge on any atom is 0.322 e. The summed E-state index contributed by atoms with van der Waals surface area (Å²) >= 11 is 18.1. The van der Waals surface area contributed by atoms with Crippen LogP contribution in [0.3, 0.4) is 0 Å². The maximum absolute atomic E-state index is 6.16.